The van der Waals surface area contributed by atoms with Gasteiger partial charge < -0.3 is 0 Å². The van der Waals surface area contributed by atoms with Gasteiger partial charge in [0.2, 0.25) is 0 Å². The summed E-state index contributed by atoms with van der Waals surface area (Å²) in [6, 6.07) is 0. The van der Waals surface area contributed by atoms with E-state index in [1.807, 2.05) is 0 Å². The molecule has 2 radical (unpaired) electrons. The third-order valence-corrected chi connectivity index (χ3v) is 0. The van der Waals surface area contributed by atoms with Crippen LogP contribution in [-0.4, -0.2) is 0 Å². The second kappa shape index (κ2) is 15.6. The van der Waals surface area contributed by atoms with E-state index in [4.69, 9.17) is 0 Å². The molecular formula is CoDyNdPr. The van der Waals surface area contributed by atoms with Crippen molar-refractivity contribution < 1.29 is 137 Å². The maximum atomic E-state index is 0. The van der Waals surface area contributed by atoms with E-state index in [2.05, 4.69) is 0 Å². The van der Waals surface area contributed by atoms with Crippen LogP contribution in [0.25, 0.3) is 0 Å². The van der Waals surface area contributed by atoms with Crippen LogP contribution >= 0.6 is 0 Å². The fourth-order valence-corrected chi connectivity index (χ4v) is 0. The Hall–Kier alpha value is 4.49. The Morgan fingerprint density at radius 2 is 1.00 bits per heavy atom. The van der Waals surface area contributed by atoms with Gasteiger partial charge in [-0.25, -0.2) is 0 Å². The van der Waals surface area contributed by atoms with E-state index in [-0.39, 0.29) is 137 Å². The molecule has 0 amide bonds. The Labute approximate surface area is 133 Å². The first-order valence-corrected chi connectivity index (χ1v) is 0. The number of hydrogen-bond donors (Lipinski definition) is 0. The molecule has 0 atom stereocenters. The summed E-state index contributed by atoms with van der Waals surface area (Å²) in [6.07, 6.45) is 0. The minimum atomic E-state index is 0. The van der Waals surface area contributed by atoms with E-state index in [1.54, 1.807) is 0 Å². The first kappa shape index (κ1) is 23.6. The minimum absolute atomic E-state index is 0. The molecule has 0 saturated heterocycles. The third kappa shape index (κ3) is 9.71. The fraction of sp³-hybridized carbons (Fsp3) is 0. The summed E-state index contributed by atoms with van der Waals surface area (Å²) in [5, 5.41) is 0. The molecule has 26 valence electrons. The van der Waals surface area contributed by atoms with Crippen LogP contribution < -0.4 is 0 Å². The van der Waals surface area contributed by atoms with Gasteiger partial charge >= 0.3 is 0 Å². The molecule has 0 aromatic heterocycles. The van der Waals surface area contributed by atoms with Gasteiger partial charge in [-0.05, 0) is 0 Å². The van der Waals surface area contributed by atoms with Gasteiger partial charge in [-0.2, -0.15) is 0 Å². The first-order valence-electron chi connectivity index (χ1n) is 0. The van der Waals surface area contributed by atoms with Crippen molar-refractivity contribution in [3.05, 3.63) is 0 Å². The van der Waals surface area contributed by atoms with Crippen molar-refractivity contribution in [3.8, 4) is 0 Å². The normalized spacial score (nSPS) is 0. The van der Waals surface area contributed by atoms with E-state index in [0.29, 0.717) is 0 Å². The van der Waals surface area contributed by atoms with Crippen molar-refractivity contribution in [1.29, 1.82) is 0 Å². The molecule has 0 bridgehead atoms. The van der Waals surface area contributed by atoms with Gasteiger partial charge in [-0.15, -0.1) is 0 Å². The van der Waals surface area contributed by atoms with Crippen molar-refractivity contribution in [2.75, 3.05) is 0 Å². The summed E-state index contributed by atoms with van der Waals surface area (Å²) in [6.45, 7) is 0. The standard InChI is InChI=1S/Co.Dy.Nd.Pr. The van der Waals surface area contributed by atoms with Crippen molar-refractivity contribution >= 4 is 0 Å². The molecule has 0 N–H and O–H groups in total. The summed E-state index contributed by atoms with van der Waals surface area (Å²) < 4.78 is 0. The largest absolute Gasteiger partial charge is 0 e. The molecule has 0 aliphatic carbocycles. The van der Waals surface area contributed by atoms with Gasteiger partial charge in [-0.3, -0.25) is 0 Å². The van der Waals surface area contributed by atoms with Crippen molar-refractivity contribution in [2.24, 2.45) is 0 Å². The Morgan fingerprint density at radius 1 is 1.00 bits per heavy atom. The number of rotatable bonds is 0. The summed E-state index contributed by atoms with van der Waals surface area (Å²) in [7, 11) is 0. The van der Waals surface area contributed by atoms with E-state index < -0.39 is 0 Å². The monoisotopic (exact) mass is 506 g/mol. The first-order chi connectivity index (χ1) is 0. The Morgan fingerprint density at radius 3 is 1.00 bits per heavy atom. The fourth-order valence-electron chi connectivity index (χ4n) is 0. The van der Waals surface area contributed by atoms with Crippen LogP contribution in [0.5, 0.6) is 0 Å². The Bertz CT molecular complexity index is 8.00. The van der Waals surface area contributed by atoms with E-state index in [1.165, 1.54) is 0 Å². The quantitative estimate of drug-likeness (QED) is 0.434. The second-order valence-electron chi connectivity index (χ2n) is 0. The van der Waals surface area contributed by atoms with Crippen molar-refractivity contribution in [2.45, 2.75) is 0 Å². The SMILES string of the molecule is [Co].[Dy].[Nd].[Pr]. The Kier molecular flexibility index (Phi) is 92.4. The topological polar surface area (TPSA) is 0 Å². The zero-order valence-electron chi connectivity index (χ0n) is 1.73. The smallest absolute Gasteiger partial charge is 0 e. The van der Waals surface area contributed by atoms with Gasteiger partial charge in [0, 0.05) is 137 Å². The molecule has 0 spiro atoms. The zero-order valence-corrected chi connectivity index (χ0v) is 11.7. The molecule has 0 fully saturated rings. The van der Waals surface area contributed by atoms with Gasteiger partial charge in [0.1, 0.15) is 0 Å². The molecule has 4 heteroatoms. The van der Waals surface area contributed by atoms with E-state index in [0.717, 1.165) is 0 Å². The molecule has 0 aromatic rings. The van der Waals surface area contributed by atoms with Crippen LogP contribution in [0, 0.1) is 120 Å². The molecule has 4 heavy (non-hydrogen) atoms. The van der Waals surface area contributed by atoms with Gasteiger partial charge in [0.05, 0.1) is 0 Å². The summed E-state index contributed by atoms with van der Waals surface area (Å²) in [5.74, 6) is 0. The maximum Gasteiger partial charge on any atom is 0 e. The van der Waals surface area contributed by atoms with Crippen molar-refractivity contribution in [3.63, 3.8) is 0 Å². The minimum Gasteiger partial charge on any atom is 0 e. The van der Waals surface area contributed by atoms with Crippen LogP contribution in [0.15, 0.2) is 0 Å². The third-order valence-electron chi connectivity index (χ3n) is 0. The predicted molar refractivity (Wildman–Crippen MR) is 0 cm³/mol. The van der Waals surface area contributed by atoms with E-state index in [9.17, 15) is 0 Å². The molecule has 0 saturated carbocycles. The van der Waals surface area contributed by atoms with Crippen LogP contribution in [0.4, 0.5) is 0 Å². The molecule has 0 aliphatic rings. The molecule has 0 nitrogen and oxygen atoms in total. The molecule has 0 unspecified atom stereocenters. The van der Waals surface area contributed by atoms with Gasteiger partial charge in [-0.1, -0.05) is 0 Å². The average Bonchev–Trinajstić information content (AvgIpc) is 0. The molecule has 0 aliphatic heterocycles. The molecule has 0 rings (SSSR count). The second-order valence-corrected chi connectivity index (χ2v) is 0. The Balaban J connectivity index is 0. The van der Waals surface area contributed by atoms with Crippen LogP contribution in [0.1, 0.15) is 0 Å². The molecular weight excluding hydrogens is 507 g/mol. The predicted octanol–water partition coefficient (Wildman–Crippen LogP) is -0.00250. The zero-order chi connectivity index (χ0) is 0. The van der Waals surface area contributed by atoms with Gasteiger partial charge in [0.15, 0.2) is 0 Å². The maximum absolute atomic E-state index is 0. The van der Waals surface area contributed by atoms with Crippen LogP contribution in [0.3, 0.4) is 0 Å². The average molecular weight is 507 g/mol. The summed E-state index contributed by atoms with van der Waals surface area (Å²) >= 11 is 0. The molecule has 0 aromatic carbocycles. The van der Waals surface area contributed by atoms with E-state index >= 15 is 0 Å². The summed E-state index contributed by atoms with van der Waals surface area (Å²) in [4.78, 5) is 0. The van der Waals surface area contributed by atoms with Crippen LogP contribution in [-0.2, 0) is 16.8 Å². The molecule has 0 heterocycles. The summed E-state index contributed by atoms with van der Waals surface area (Å²) in [5.41, 5.74) is 0. The van der Waals surface area contributed by atoms with Crippen molar-refractivity contribution in [1.82, 2.24) is 0 Å². The van der Waals surface area contributed by atoms with Gasteiger partial charge in [0.25, 0.3) is 0 Å². The number of hydrogen-bond acceptors (Lipinski definition) is 0. The van der Waals surface area contributed by atoms with Crippen LogP contribution in [0.2, 0.25) is 0 Å².